The van der Waals surface area contributed by atoms with E-state index in [9.17, 15) is 13.2 Å². The zero-order chi connectivity index (χ0) is 14.3. The van der Waals surface area contributed by atoms with Crippen molar-refractivity contribution in [1.82, 2.24) is 14.6 Å². The van der Waals surface area contributed by atoms with Gasteiger partial charge in [-0.25, -0.2) is 9.50 Å². The molecular weight excluding hydrogens is 269 g/mol. The van der Waals surface area contributed by atoms with Crippen molar-refractivity contribution < 1.29 is 13.2 Å². The van der Waals surface area contributed by atoms with E-state index >= 15 is 0 Å². The van der Waals surface area contributed by atoms with Gasteiger partial charge in [0.25, 0.3) is 0 Å². The molecule has 20 heavy (non-hydrogen) atoms. The summed E-state index contributed by atoms with van der Waals surface area (Å²) >= 11 is 0. The molecule has 102 valence electrons. The second kappa shape index (κ2) is 4.22. The Hall–Kier alpha value is -2.57. The Bertz CT molecular complexity index is 777. The van der Waals surface area contributed by atoms with Gasteiger partial charge in [0.15, 0.2) is 5.65 Å². The van der Waals surface area contributed by atoms with Crippen LogP contribution in [-0.2, 0) is 6.18 Å². The van der Waals surface area contributed by atoms with Gasteiger partial charge in [-0.15, -0.1) is 0 Å². The van der Waals surface area contributed by atoms with Crippen molar-refractivity contribution in [3.63, 3.8) is 0 Å². The molecule has 0 atom stereocenters. The molecule has 2 N–H and O–H groups in total. The zero-order valence-electron chi connectivity index (χ0n) is 10.1. The summed E-state index contributed by atoms with van der Waals surface area (Å²) in [5, 5.41) is 4.11. The van der Waals surface area contributed by atoms with Crippen LogP contribution in [0.4, 0.5) is 19.0 Å². The Morgan fingerprint density at radius 2 is 1.80 bits per heavy atom. The molecule has 0 spiro atoms. The summed E-state index contributed by atoms with van der Waals surface area (Å²) in [6.07, 6.45) is -2.98. The van der Waals surface area contributed by atoms with Gasteiger partial charge in [-0.3, -0.25) is 0 Å². The highest BCUT2D eigenvalue weighted by Crippen LogP contribution is 2.36. The molecule has 2 heterocycles. The first-order valence-electron chi connectivity index (χ1n) is 5.73. The number of aromatic nitrogens is 3. The lowest BCUT2D eigenvalue weighted by atomic mass is 10.0. The van der Waals surface area contributed by atoms with E-state index in [2.05, 4.69) is 10.1 Å². The molecule has 0 amide bonds. The molecule has 4 nitrogen and oxygen atoms in total. The second-order valence-electron chi connectivity index (χ2n) is 4.23. The van der Waals surface area contributed by atoms with Crippen LogP contribution in [0.5, 0.6) is 0 Å². The van der Waals surface area contributed by atoms with Crippen molar-refractivity contribution in [2.24, 2.45) is 0 Å². The maximum atomic E-state index is 13.0. The van der Waals surface area contributed by atoms with Gasteiger partial charge in [-0.1, -0.05) is 18.2 Å². The summed E-state index contributed by atoms with van der Waals surface area (Å²) in [5.74, 6) is 0.263. The summed E-state index contributed by atoms with van der Waals surface area (Å²) in [7, 11) is 0. The molecule has 0 aliphatic carbocycles. The van der Waals surface area contributed by atoms with Gasteiger partial charge in [0, 0.05) is 5.56 Å². The Labute approximate surface area is 111 Å². The smallest absolute Gasteiger partial charge is 0.382 e. The molecule has 0 bridgehead atoms. The number of nitrogens with zero attached hydrogens (tertiary/aromatic N) is 3. The molecular formula is C13H9F3N4. The minimum atomic E-state index is -4.43. The van der Waals surface area contributed by atoms with Crippen molar-refractivity contribution in [3.8, 4) is 11.3 Å². The molecule has 0 radical (unpaired) electrons. The van der Waals surface area contributed by atoms with E-state index in [1.165, 1.54) is 28.9 Å². The molecule has 0 saturated carbocycles. The number of nitrogen functional groups attached to an aromatic ring is 1. The van der Waals surface area contributed by atoms with E-state index in [0.29, 0.717) is 5.65 Å². The highest BCUT2D eigenvalue weighted by Gasteiger charge is 2.33. The normalized spacial score (nSPS) is 11.9. The summed E-state index contributed by atoms with van der Waals surface area (Å²) in [6.45, 7) is 0. The number of nitrogens with two attached hydrogens (primary N) is 1. The third kappa shape index (κ3) is 2.07. The molecule has 2 aromatic heterocycles. The Balaban J connectivity index is 2.20. The first-order valence-corrected chi connectivity index (χ1v) is 5.73. The molecule has 3 aromatic rings. The summed E-state index contributed by atoms with van der Waals surface area (Å²) in [5.41, 5.74) is 5.52. The van der Waals surface area contributed by atoms with E-state index in [-0.39, 0.29) is 17.1 Å². The van der Waals surface area contributed by atoms with E-state index in [4.69, 9.17) is 5.73 Å². The van der Waals surface area contributed by atoms with Crippen LogP contribution in [0, 0.1) is 0 Å². The van der Waals surface area contributed by atoms with Gasteiger partial charge in [0.1, 0.15) is 5.82 Å². The average molecular weight is 278 g/mol. The molecule has 3 rings (SSSR count). The van der Waals surface area contributed by atoms with Crippen LogP contribution in [0.3, 0.4) is 0 Å². The molecule has 0 aliphatic rings. The van der Waals surface area contributed by atoms with Crippen LogP contribution < -0.4 is 5.73 Å². The predicted molar refractivity (Wildman–Crippen MR) is 67.8 cm³/mol. The number of rotatable bonds is 1. The van der Waals surface area contributed by atoms with Crippen LogP contribution in [-0.4, -0.2) is 14.6 Å². The topological polar surface area (TPSA) is 56.2 Å². The third-order valence-electron chi connectivity index (χ3n) is 2.85. The largest absolute Gasteiger partial charge is 0.417 e. The number of anilines is 1. The predicted octanol–water partition coefficient (Wildman–Crippen LogP) is 3.00. The number of alkyl halides is 3. The highest BCUT2D eigenvalue weighted by atomic mass is 19.4. The van der Waals surface area contributed by atoms with Crippen molar-refractivity contribution in [3.05, 3.63) is 48.2 Å². The molecule has 0 fully saturated rings. The minimum absolute atomic E-state index is 0.0224. The molecule has 7 heteroatoms. The maximum Gasteiger partial charge on any atom is 0.417 e. The number of halogens is 3. The SMILES string of the molecule is Nc1cn2nc(-c3ccccc3C(F)(F)F)ccc2n1. The van der Waals surface area contributed by atoms with Crippen molar-refractivity contribution in [2.75, 3.05) is 5.73 Å². The van der Waals surface area contributed by atoms with Gasteiger partial charge in [0.2, 0.25) is 0 Å². The lowest BCUT2D eigenvalue weighted by molar-refractivity contribution is -0.137. The van der Waals surface area contributed by atoms with E-state index in [1.807, 2.05) is 0 Å². The molecule has 0 saturated heterocycles. The Morgan fingerprint density at radius 3 is 2.55 bits per heavy atom. The lowest BCUT2D eigenvalue weighted by Crippen LogP contribution is -2.07. The fourth-order valence-electron chi connectivity index (χ4n) is 2.00. The van der Waals surface area contributed by atoms with Crippen molar-refractivity contribution in [2.45, 2.75) is 6.18 Å². The van der Waals surface area contributed by atoms with Crippen LogP contribution in [0.2, 0.25) is 0 Å². The van der Waals surface area contributed by atoms with Gasteiger partial charge in [-0.2, -0.15) is 18.3 Å². The number of benzene rings is 1. The molecule has 0 aliphatic heterocycles. The first-order chi connectivity index (χ1) is 9.45. The fourth-order valence-corrected chi connectivity index (χ4v) is 2.00. The second-order valence-corrected chi connectivity index (χ2v) is 4.23. The lowest BCUT2D eigenvalue weighted by Gasteiger charge is -2.11. The maximum absolute atomic E-state index is 13.0. The first kappa shape index (κ1) is 12.5. The van der Waals surface area contributed by atoms with E-state index in [1.54, 1.807) is 12.1 Å². The fraction of sp³-hybridized carbons (Fsp3) is 0.0769. The summed E-state index contributed by atoms with van der Waals surface area (Å²) in [4.78, 5) is 3.98. The summed E-state index contributed by atoms with van der Waals surface area (Å²) < 4.78 is 40.3. The number of imidazole rings is 1. The van der Waals surface area contributed by atoms with E-state index < -0.39 is 11.7 Å². The zero-order valence-corrected chi connectivity index (χ0v) is 10.1. The monoisotopic (exact) mass is 278 g/mol. The Morgan fingerprint density at radius 1 is 1.05 bits per heavy atom. The van der Waals surface area contributed by atoms with Crippen LogP contribution in [0.25, 0.3) is 16.9 Å². The third-order valence-corrected chi connectivity index (χ3v) is 2.85. The molecule has 1 aromatic carbocycles. The molecule has 0 unspecified atom stereocenters. The minimum Gasteiger partial charge on any atom is -0.382 e. The number of hydrogen-bond acceptors (Lipinski definition) is 3. The highest BCUT2D eigenvalue weighted by molar-refractivity contribution is 5.65. The van der Waals surface area contributed by atoms with Crippen molar-refractivity contribution >= 4 is 11.5 Å². The van der Waals surface area contributed by atoms with Gasteiger partial charge in [-0.05, 0) is 18.2 Å². The number of fused-ring (bicyclic) bond motifs is 1. The van der Waals surface area contributed by atoms with Crippen LogP contribution in [0.15, 0.2) is 42.6 Å². The quantitative estimate of drug-likeness (QED) is 0.744. The standard InChI is InChI=1S/C13H9F3N4/c14-13(15,16)9-4-2-1-3-8(9)10-5-6-12-18-11(17)7-20(12)19-10/h1-7H,17H2. The number of hydrogen-bond donors (Lipinski definition) is 1. The Kier molecular flexibility index (Phi) is 2.63. The van der Waals surface area contributed by atoms with Gasteiger partial charge >= 0.3 is 6.18 Å². The van der Waals surface area contributed by atoms with Gasteiger partial charge < -0.3 is 5.73 Å². The van der Waals surface area contributed by atoms with E-state index in [0.717, 1.165) is 6.07 Å². The summed E-state index contributed by atoms with van der Waals surface area (Å²) in [6, 6.07) is 8.37. The van der Waals surface area contributed by atoms with Gasteiger partial charge in [0.05, 0.1) is 17.5 Å². The average Bonchev–Trinajstić information content (AvgIpc) is 2.76. The van der Waals surface area contributed by atoms with Crippen molar-refractivity contribution in [1.29, 1.82) is 0 Å². The van der Waals surface area contributed by atoms with Crippen LogP contribution in [0.1, 0.15) is 5.56 Å². The van der Waals surface area contributed by atoms with Crippen LogP contribution >= 0.6 is 0 Å².